The Morgan fingerprint density at radius 2 is 1.84 bits per heavy atom. The molecule has 134 valence electrons. The topological polar surface area (TPSA) is 66.5 Å². The molecular weight excluding hydrogens is 360 g/mol. The second kappa shape index (κ2) is 8.47. The van der Waals surface area contributed by atoms with E-state index in [1.54, 1.807) is 30.3 Å². The van der Waals surface area contributed by atoms with E-state index < -0.39 is 10.0 Å². The Labute approximate surface area is 153 Å². The molecule has 1 amide bonds. The Balaban J connectivity index is 1.98. The minimum atomic E-state index is -3.55. The first-order chi connectivity index (χ1) is 11.8. The zero-order valence-electron chi connectivity index (χ0n) is 14.2. The normalized spacial score (nSPS) is 11.5. The Hall–Kier alpha value is -1.89. The quantitative estimate of drug-likeness (QED) is 0.803. The van der Waals surface area contributed by atoms with Crippen molar-refractivity contribution in [3.63, 3.8) is 0 Å². The van der Waals surface area contributed by atoms with Gasteiger partial charge in [0, 0.05) is 32.1 Å². The highest BCUT2D eigenvalue weighted by Crippen LogP contribution is 2.18. The third-order valence-corrected chi connectivity index (χ3v) is 5.89. The highest BCUT2D eigenvalue weighted by Gasteiger charge is 2.20. The summed E-state index contributed by atoms with van der Waals surface area (Å²) in [7, 11) is -0.584. The summed E-state index contributed by atoms with van der Waals surface area (Å²) in [6.45, 7) is 0.164. The van der Waals surface area contributed by atoms with Crippen LogP contribution in [-0.4, -0.2) is 32.7 Å². The predicted molar refractivity (Wildman–Crippen MR) is 98.9 cm³/mol. The van der Waals surface area contributed by atoms with Gasteiger partial charge in [-0.05, 0) is 35.7 Å². The van der Waals surface area contributed by atoms with Crippen molar-refractivity contribution < 1.29 is 13.2 Å². The SMILES string of the molecule is CN(C)S(=O)(=O)c1ccccc1CNC(=O)CCc1cccc(Cl)c1. The number of nitrogens with one attached hydrogen (secondary N) is 1. The Morgan fingerprint density at radius 3 is 2.52 bits per heavy atom. The number of sulfonamides is 1. The summed E-state index contributed by atoms with van der Waals surface area (Å²) in [4.78, 5) is 12.3. The Kier molecular flexibility index (Phi) is 6.58. The summed E-state index contributed by atoms with van der Waals surface area (Å²) in [5.41, 5.74) is 1.55. The van der Waals surface area contributed by atoms with Gasteiger partial charge in [-0.1, -0.05) is 41.9 Å². The average molecular weight is 381 g/mol. The second-order valence-corrected chi connectivity index (χ2v) is 8.36. The number of nitrogens with zero attached hydrogens (tertiary/aromatic N) is 1. The fourth-order valence-corrected chi connectivity index (χ4v) is 3.66. The van der Waals surface area contributed by atoms with E-state index in [2.05, 4.69) is 5.32 Å². The maximum absolute atomic E-state index is 12.3. The molecule has 0 bridgehead atoms. The van der Waals surface area contributed by atoms with Crippen molar-refractivity contribution in [3.8, 4) is 0 Å². The lowest BCUT2D eigenvalue weighted by Crippen LogP contribution is -2.27. The molecule has 0 unspecified atom stereocenters. The summed E-state index contributed by atoms with van der Waals surface area (Å²) >= 11 is 5.93. The smallest absolute Gasteiger partial charge is 0.242 e. The van der Waals surface area contributed by atoms with E-state index in [1.807, 2.05) is 18.2 Å². The highest BCUT2D eigenvalue weighted by molar-refractivity contribution is 7.89. The number of rotatable bonds is 7. The van der Waals surface area contributed by atoms with Crippen molar-refractivity contribution in [1.82, 2.24) is 9.62 Å². The van der Waals surface area contributed by atoms with Crippen LogP contribution in [0.25, 0.3) is 0 Å². The molecule has 0 aliphatic rings. The molecule has 7 heteroatoms. The number of aryl methyl sites for hydroxylation is 1. The van der Waals surface area contributed by atoms with Crippen LogP contribution in [0.1, 0.15) is 17.5 Å². The first-order valence-corrected chi connectivity index (χ1v) is 9.64. The Bertz CT molecular complexity index is 851. The fraction of sp³-hybridized carbons (Fsp3) is 0.278. The molecule has 0 saturated heterocycles. The summed E-state index contributed by atoms with van der Waals surface area (Å²) in [6.07, 6.45) is 0.882. The standard InChI is InChI=1S/C18H21ClN2O3S/c1-21(2)25(23,24)17-9-4-3-7-15(17)13-20-18(22)11-10-14-6-5-8-16(19)12-14/h3-9,12H,10-11,13H2,1-2H3,(H,20,22). The maximum Gasteiger partial charge on any atom is 0.242 e. The highest BCUT2D eigenvalue weighted by atomic mass is 35.5. The van der Waals surface area contributed by atoms with Crippen LogP contribution < -0.4 is 5.32 Å². The van der Waals surface area contributed by atoms with Crippen LogP contribution in [0.15, 0.2) is 53.4 Å². The van der Waals surface area contributed by atoms with Crippen LogP contribution in [-0.2, 0) is 27.8 Å². The van der Waals surface area contributed by atoms with Crippen molar-refractivity contribution in [2.75, 3.05) is 14.1 Å². The molecule has 0 saturated carbocycles. The van der Waals surface area contributed by atoms with Gasteiger partial charge in [0.25, 0.3) is 0 Å². The van der Waals surface area contributed by atoms with E-state index >= 15 is 0 Å². The molecule has 0 heterocycles. The van der Waals surface area contributed by atoms with Gasteiger partial charge in [-0.3, -0.25) is 4.79 Å². The van der Waals surface area contributed by atoms with Crippen molar-refractivity contribution in [3.05, 3.63) is 64.7 Å². The van der Waals surface area contributed by atoms with Gasteiger partial charge in [0.1, 0.15) is 0 Å². The number of amides is 1. The molecule has 0 aliphatic heterocycles. The monoisotopic (exact) mass is 380 g/mol. The molecule has 0 fully saturated rings. The third-order valence-electron chi connectivity index (χ3n) is 3.74. The van der Waals surface area contributed by atoms with E-state index in [0.29, 0.717) is 23.4 Å². The lowest BCUT2D eigenvalue weighted by Gasteiger charge is -2.15. The lowest BCUT2D eigenvalue weighted by atomic mass is 10.1. The molecule has 5 nitrogen and oxygen atoms in total. The zero-order chi connectivity index (χ0) is 18.4. The van der Waals surface area contributed by atoms with Crippen LogP contribution in [0.4, 0.5) is 0 Å². The van der Waals surface area contributed by atoms with Gasteiger partial charge >= 0.3 is 0 Å². The van der Waals surface area contributed by atoms with Gasteiger partial charge in [0.15, 0.2) is 0 Å². The number of halogens is 1. The number of benzene rings is 2. The van der Waals surface area contributed by atoms with Gasteiger partial charge < -0.3 is 5.32 Å². The number of carbonyl (C=O) groups excluding carboxylic acids is 1. The second-order valence-electron chi connectivity index (χ2n) is 5.80. The van der Waals surface area contributed by atoms with Gasteiger partial charge in [0.2, 0.25) is 15.9 Å². The molecule has 0 atom stereocenters. The summed E-state index contributed by atoms with van der Waals surface area (Å²) in [6, 6.07) is 14.0. The summed E-state index contributed by atoms with van der Waals surface area (Å²) < 4.78 is 25.8. The molecule has 0 radical (unpaired) electrons. The van der Waals surface area contributed by atoms with Crippen molar-refractivity contribution in [1.29, 1.82) is 0 Å². The molecule has 0 spiro atoms. The van der Waals surface area contributed by atoms with Crippen molar-refractivity contribution in [2.24, 2.45) is 0 Å². The predicted octanol–water partition coefficient (Wildman–Crippen LogP) is 2.84. The largest absolute Gasteiger partial charge is 0.352 e. The lowest BCUT2D eigenvalue weighted by molar-refractivity contribution is -0.121. The zero-order valence-corrected chi connectivity index (χ0v) is 15.8. The summed E-state index contributed by atoms with van der Waals surface area (Å²) in [5, 5.41) is 3.42. The molecule has 0 aromatic heterocycles. The minimum Gasteiger partial charge on any atom is -0.352 e. The molecule has 0 aliphatic carbocycles. The van der Waals surface area contributed by atoms with Crippen molar-refractivity contribution in [2.45, 2.75) is 24.3 Å². The van der Waals surface area contributed by atoms with Gasteiger partial charge in [0.05, 0.1) is 4.90 Å². The number of hydrogen-bond acceptors (Lipinski definition) is 3. The van der Waals surface area contributed by atoms with E-state index in [9.17, 15) is 13.2 Å². The van der Waals surface area contributed by atoms with E-state index in [1.165, 1.54) is 14.1 Å². The maximum atomic E-state index is 12.3. The van der Waals surface area contributed by atoms with Crippen LogP contribution in [0.5, 0.6) is 0 Å². The van der Waals surface area contributed by atoms with Gasteiger partial charge in [-0.25, -0.2) is 12.7 Å². The molecule has 25 heavy (non-hydrogen) atoms. The Morgan fingerprint density at radius 1 is 1.12 bits per heavy atom. The van der Waals surface area contributed by atoms with Crippen LogP contribution in [0, 0.1) is 0 Å². The molecule has 2 rings (SSSR count). The van der Waals surface area contributed by atoms with E-state index in [4.69, 9.17) is 11.6 Å². The molecule has 2 aromatic rings. The molecule has 1 N–H and O–H groups in total. The minimum absolute atomic E-state index is 0.142. The van der Waals surface area contributed by atoms with Gasteiger partial charge in [-0.2, -0.15) is 0 Å². The van der Waals surface area contributed by atoms with Crippen LogP contribution >= 0.6 is 11.6 Å². The van der Waals surface area contributed by atoms with Crippen LogP contribution in [0.2, 0.25) is 5.02 Å². The van der Waals surface area contributed by atoms with E-state index in [0.717, 1.165) is 9.87 Å². The third kappa shape index (κ3) is 5.29. The first kappa shape index (κ1) is 19.4. The van der Waals surface area contributed by atoms with E-state index in [-0.39, 0.29) is 17.3 Å². The van der Waals surface area contributed by atoms with Crippen molar-refractivity contribution >= 4 is 27.5 Å². The molecule has 2 aromatic carbocycles. The molecular formula is C18H21ClN2O3S. The first-order valence-electron chi connectivity index (χ1n) is 7.82. The summed E-state index contributed by atoms with van der Waals surface area (Å²) in [5.74, 6) is -0.142. The fourth-order valence-electron chi connectivity index (χ4n) is 2.33. The van der Waals surface area contributed by atoms with Crippen LogP contribution in [0.3, 0.4) is 0 Å². The van der Waals surface area contributed by atoms with Gasteiger partial charge in [-0.15, -0.1) is 0 Å². The number of carbonyl (C=O) groups is 1. The number of hydrogen-bond donors (Lipinski definition) is 1. The average Bonchev–Trinajstić information content (AvgIpc) is 2.58.